The summed E-state index contributed by atoms with van der Waals surface area (Å²) in [5, 5.41) is 12.5. The first kappa shape index (κ1) is 19.2. The largest absolute Gasteiger partial charge is 0.393 e. The Labute approximate surface area is 166 Å². The van der Waals surface area contributed by atoms with Crippen LogP contribution < -0.4 is 10.2 Å². The van der Waals surface area contributed by atoms with Crippen LogP contribution in [0.3, 0.4) is 0 Å². The van der Waals surface area contributed by atoms with Gasteiger partial charge in [-0.05, 0) is 57.1 Å². The Hall–Kier alpha value is -2.15. The Morgan fingerprint density at radius 1 is 1.21 bits per heavy atom. The zero-order valence-electron chi connectivity index (χ0n) is 16.6. The molecule has 1 saturated carbocycles. The number of likely N-dealkylation sites (tertiary alicyclic amines) is 1. The number of carbonyl (C=O) groups excluding carboxylic acids is 2. The summed E-state index contributed by atoms with van der Waals surface area (Å²) in [6.45, 7) is 3.93. The molecule has 7 heteroatoms. The number of aliphatic hydroxyl groups excluding tert-OH is 1. The van der Waals surface area contributed by atoms with E-state index in [4.69, 9.17) is 0 Å². The van der Waals surface area contributed by atoms with Crippen molar-refractivity contribution in [3.05, 3.63) is 18.3 Å². The van der Waals surface area contributed by atoms with E-state index in [-0.39, 0.29) is 17.4 Å². The molecule has 3 fully saturated rings. The van der Waals surface area contributed by atoms with Crippen LogP contribution in [0.25, 0.3) is 0 Å². The van der Waals surface area contributed by atoms with Gasteiger partial charge in [-0.15, -0.1) is 0 Å². The second-order valence-corrected chi connectivity index (χ2v) is 8.60. The molecule has 3 heterocycles. The topological polar surface area (TPSA) is 85.8 Å². The van der Waals surface area contributed by atoms with Crippen molar-refractivity contribution in [1.29, 1.82) is 0 Å². The van der Waals surface area contributed by atoms with Crippen LogP contribution in [0.15, 0.2) is 18.3 Å². The summed E-state index contributed by atoms with van der Waals surface area (Å²) >= 11 is 0. The highest BCUT2D eigenvalue weighted by Crippen LogP contribution is 2.43. The summed E-state index contributed by atoms with van der Waals surface area (Å²) in [6, 6.07) is 4.08. The highest BCUT2D eigenvalue weighted by atomic mass is 16.3. The van der Waals surface area contributed by atoms with Crippen LogP contribution in [-0.2, 0) is 9.59 Å². The molecule has 0 radical (unpaired) electrons. The van der Waals surface area contributed by atoms with Gasteiger partial charge < -0.3 is 20.2 Å². The molecule has 152 valence electrons. The summed E-state index contributed by atoms with van der Waals surface area (Å²) in [4.78, 5) is 33.4. The van der Waals surface area contributed by atoms with Crippen molar-refractivity contribution in [2.24, 2.45) is 5.41 Å². The number of amides is 2. The first-order valence-corrected chi connectivity index (χ1v) is 10.4. The Balaban J connectivity index is 1.44. The molecule has 1 atom stereocenters. The minimum absolute atomic E-state index is 0.113. The lowest BCUT2D eigenvalue weighted by Gasteiger charge is -2.41. The van der Waals surface area contributed by atoms with E-state index in [1.807, 2.05) is 12.1 Å². The monoisotopic (exact) mass is 386 g/mol. The first-order valence-electron chi connectivity index (χ1n) is 10.4. The lowest BCUT2D eigenvalue weighted by Crippen LogP contribution is -2.50. The fourth-order valence-corrected chi connectivity index (χ4v) is 5.12. The average Bonchev–Trinajstić information content (AvgIpc) is 2.98. The van der Waals surface area contributed by atoms with Crippen LogP contribution in [-0.4, -0.2) is 58.6 Å². The average molecular weight is 386 g/mol. The van der Waals surface area contributed by atoms with E-state index < -0.39 is 0 Å². The molecule has 1 spiro atoms. The van der Waals surface area contributed by atoms with Gasteiger partial charge >= 0.3 is 0 Å². The first-order chi connectivity index (χ1) is 13.5. The van der Waals surface area contributed by atoms with E-state index in [0.29, 0.717) is 24.2 Å². The third kappa shape index (κ3) is 3.72. The molecule has 1 aliphatic carbocycles. The normalized spacial score (nSPS) is 30.7. The maximum absolute atomic E-state index is 13.4. The smallest absolute Gasteiger partial charge is 0.230 e. The van der Waals surface area contributed by atoms with E-state index in [1.165, 1.54) is 6.92 Å². The zero-order valence-corrected chi connectivity index (χ0v) is 16.6. The van der Waals surface area contributed by atoms with E-state index in [1.54, 1.807) is 6.20 Å². The predicted octanol–water partition coefficient (Wildman–Crippen LogP) is 2.16. The number of hydrogen-bond donors (Lipinski definition) is 2. The summed E-state index contributed by atoms with van der Waals surface area (Å²) in [7, 11) is 0. The van der Waals surface area contributed by atoms with E-state index in [0.717, 1.165) is 63.9 Å². The molecule has 7 nitrogen and oxygen atoms in total. The highest BCUT2D eigenvalue weighted by Gasteiger charge is 2.50. The molecule has 2 amide bonds. The van der Waals surface area contributed by atoms with Crippen molar-refractivity contribution in [3.8, 4) is 0 Å². The van der Waals surface area contributed by atoms with Crippen molar-refractivity contribution in [3.63, 3.8) is 0 Å². The predicted molar refractivity (Wildman–Crippen MR) is 107 cm³/mol. The number of anilines is 2. The molecule has 2 aliphatic heterocycles. The van der Waals surface area contributed by atoms with Gasteiger partial charge in [-0.1, -0.05) is 0 Å². The highest BCUT2D eigenvalue weighted by molar-refractivity contribution is 5.88. The lowest BCUT2D eigenvalue weighted by molar-refractivity contribution is -0.139. The van der Waals surface area contributed by atoms with Crippen LogP contribution >= 0.6 is 0 Å². The summed E-state index contributed by atoms with van der Waals surface area (Å²) < 4.78 is 0. The molecular formula is C21H30N4O3. The van der Waals surface area contributed by atoms with Gasteiger partial charge in [0.1, 0.15) is 5.82 Å². The standard InChI is InChI=1S/C21H30N4O3/c1-15(26)23-16-3-8-19(22-13-16)24-11-2-9-21(14-24)10-12-25(20(21)28)17-4-6-18(27)7-5-17/h3,8,13,17-18,27H,2,4-7,9-12,14H2,1H3,(H,23,26)/t17?,18?,21-/m1/s1. The minimum Gasteiger partial charge on any atom is -0.393 e. The van der Waals surface area contributed by atoms with Gasteiger partial charge in [-0.3, -0.25) is 9.59 Å². The van der Waals surface area contributed by atoms with Gasteiger partial charge in [0.05, 0.1) is 23.4 Å². The number of nitrogens with zero attached hydrogens (tertiary/aromatic N) is 3. The van der Waals surface area contributed by atoms with Crippen molar-refractivity contribution < 1.29 is 14.7 Å². The molecule has 2 N–H and O–H groups in total. The molecule has 0 unspecified atom stereocenters. The van der Waals surface area contributed by atoms with Gasteiger partial charge in [0.2, 0.25) is 11.8 Å². The maximum Gasteiger partial charge on any atom is 0.230 e. The Morgan fingerprint density at radius 2 is 2.00 bits per heavy atom. The van der Waals surface area contributed by atoms with E-state index in [2.05, 4.69) is 20.1 Å². The SMILES string of the molecule is CC(=O)Nc1ccc(N2CCC[C@@]3(CCN(C4CCC(O)CC4)C3=O)C2)nc1. The second kappa shape index (κ2) is 7.70. The molecule has 1 aromatic heterocycles. The zero-order chi connectivity index (χ0) is 19.7. The van der Waals surface area contributed by atoms with Gasteiger partial charge in [0.15, 0.2) is 0 Å². The molecule has 4 rings (SSSR count). The van der Waals surface area contributed by atoms with Gasteiger partial charge in [-0.2, -0.15) is 0 Å². The van der Waals surface area contributed by atoms with Gasteiger partial charge in [0, 0.05) is 32.6 Å². The fourth-order valence-electron chi connectivity index (χ4n) is 5.12. The van der Waals surface area contributed by atoms with Crippen molar-refractivity contribution in [1.82, 2.24) is 9.88 Å². The Kier molecular flexibility index (Phi) is 5.27. The van der Waals surface area contributed by atoms with Gasteiger partial charge in [0.25, 0.3) is 0 Å². The minimum atomic E-state index is -0.299. The van der Waals surface area contributed by atoms with Crippen LogP contribution in [0.5, 0.6) is 0 Å². The summed E-state index contributed by atoms with van der Waals surface area (Å²) in [5.74, 6) is 1.05. The molecule has 2 saturated heterocycles. The molecule has 1 aromatic rings. The Morgan fingerprint density at radius 3 is 2.68 bits per heavy atom. The van der Waals surface area contributed by atoms with Crippen LogP contribution in [0, 0.1) is 5.41 Å². The quantitative estimate of drug-likeness (QED) is 0.831. The lowest BCUT2D eigenvalue weighted by atomic mass is 9.78. The van der Waals surface area contributed by atoms with E-state index >= 15 is 0 Å². The number of pyridine rings is 1. The molecule has 0 bridgehead atoms. The second-order valence-electron chi connectivity index (χ2n) is 8.60. The van der Waals surface area contributed by atoms with Crippen molar-refractivity contribution in [2.75, 3.05) is 29.9 Å². The van der Waals surface area contributed by atoms with Crippen LogP contribution in [0.1, 0.15) is 51.9 Å². The number of aromatic nitrogens is 1. The molecule has 3 aliphatic rings. The van der Waals surface area contributed by atoms with E-state index in [9.17, 15) is 14.7 Å². The molecule has 0 aromatic carbocycles. The Bertz CT molecular complexity index is 730. The summed E-state index contributed by atoms with van der Waals surface area (Å²) in [6.07, 6.45) is 7.75. The molecular weight excluding hydrogens is 356 g/mol. The third-order valence-electron chi connectivity index (χ3n) is 6.62. The summed E-state index contributed by atoms with van der Waals surface area (Å²) in [5.41, 5.74) is 0.386. The van der Waals surface area contributed by atoms with Crippen molar-refractivity contribution in [2.45, 2.75) is 64.0 Å². The van der Waals surface area contributed by atoms with Crippen LogP contribution in [0.2, 0.25) is 0 Å². The number of hydrogen-bond acceptors (Lipinski definition) is 5. The number of nitrogens with one attached hydrogen (secondary N) is 1. The van der Waals surface area contributed by atoms with Crippen LogP contribution in [0.4, 0.5) is 11.5 Å². The number of rotatable bonds is 3. The molecule has 28 heavy (non-hydrogen) atoms. The van der Waals surface area contributed by atoms with Gasteiger partial charge in [-0.25, -0.2) is 4.98 Å². The number of carbonyl (C=O) groups is 2. The third-order valence-corrected chi connectivity index (χ3v) is 6.62. The number of aliphatic hydroxyl groups is 1. The number of piperidine rings is 1. The van der Waals surface area contributed by atoms with Crippen molar-refractivity contribution >= 4 is 23.3 Å². The fraction of sp³-hybridized carbons (Fsp3) is 0.667. The maximum atomic E-state index is 13.4.